The lowest BCUT2D eigenvalue weighted by molar-refractivity contribution is -0.136. The number of aliphatic carboxylic acids is 1. The second-order valence-corrected chi connectivity index (χ2v) is 2.39. The number of carbonyl (C=O) groups is 1. The Kier molecular flexibility index (Phi) is 4.36. The molecule has 1 aromatic rings. The zero-order valence-corrected chi connectivity index (χ0v) is 7.54. The van der Waals surface area contributed by atoms with Crippen LogP contribution < -0.4 is 0 Å². The average Bonchev–Trinajstić information content (AvgIpc) is 2.31. The first-order valence-electron chi connectivity index (χ1n) is 3.37. The number of aryl methyl sites for hydroxylation is 2. The molecule has 1 rings (SSSR count). The first-order valence-corrected chi connectivity index (χ1v) is 3.37. The molecule has 0 atom stereocenters. The van der Waals surface area contributed by atoms with Crippen LogP contribution in [0.2, 0.25) is 0 Å². The number of carboxylic acid groups (broad SMARTS) is 1. The highest BCUT2D eigenvalue weighted by Gasteiger charge is 2.01. The summed E-state index contributed by atoms with van der Waals surface area (Å²) in [4.78, 5) is 14.0. The average molecular weight is 191 g/mol. The van der Waals surface area contributed by atoms with Crippen LogP contribution in [0, 0.1) is 0 Å². The molecule has 0 unspecified atom stereocenters. The second kappa shape index (κ2) is 4.77. The number of nitrogens with zero attached hydrogens (tertiary/aromatic N) is 2. The lowest BCUT2D eigenvalue weighted by atomic mass is 10.2. The van der Waals surface area contributed by atoms with Gasteiger partial charge in [-0.2, -0.15) is 0 Å². The SMILES string of the molecule is Cl.Cn1cncc1CCC(=O)O. The van der Waals surface area contributed by atoms with E-state index in [2.05, 4.69) is 4.98 Å². The van der Waals surface area contributed by atoms with E-state index in [1.807, 2.05) is 11.6 Å². The monoisotopic (exact) mass is 190 g/mol. The van der Waals surface area contributed by atoms with Crippen molar-refractivity contribution in [1.82, 2.24) is 9.55 Å². The molecule has 1 heterocycles. The number of carboxylic acids is 1. The minimum atomic E-state index is -0.772. The zero-order chi connectivity index (χ0) is 8.27. The number of hydrogen-bond donors (Lipinski definition) is 1. The van der Waals surface area contributed by atoms with Crippen molar-refractivity contribution in [2.24, 2.45) is 7.05 Å². The summed E-state index contributed by atoms with van der Waals surface area (Å²) in [5.41, 5.74) is 0.951. The maximum atomic E-state index is 10.2. The molecule has 0 saturated heterocycles. The molecule has 68 valence electrons. The summed E-state index contributed by atoms with van der Waals surface area (Å²) in [6.45, 7) is 0. The predicted octanol–water partition coefficient (Wildman–Crippen LogP) is 0.859. The molecule has 0 saturated carbocycles. The number of rotatable bonds is 3. The zero-order valence-electron chi connectivity index (χ0n) is 6.73. The quantitative estimate of drug-likeness (QED) is 0.769. The summed E-state index contributed by atoms with van der Waals surface area (Å²) in [6.07, 6.45) is 4.06. The Bertz CT molecular complexity index is 260. The lowest BCUT2D eigenvalue weighted by Gasteiger charge is -1.97. The predicted molar refractivity (Wildman–Crippen MR) is 46.4 cm³/mol. The second-order valence-electron chi connectivity index (χ2n) is 2.39. The molecule has 0 fully saturated rings. The van der Waals surface area contributed by atoms with E-state index in [1.165, 1.54) is 0 Å². The van der Waals surface area contributed by atoms with Crippen molar-refractivity contribution in [3.63, 3.8) is 0 Å². The summed E-state index contributed by atoms with van der Waals surface area (Å²) in [5.74, 6) is -0.772. The largest absolute Gasteiger partial charge is 0.481 e. The fraction of sp³-hybridized carbons (Fsp3) is 0.429. The molecule has 0 aromatic carbocycles. The minimum absolute atomic E-state index is 0. The van der Waals surface area contributed by atoms with E-state index in [-0.39, 0.29) is 18.8 Å². The highest BCUT2D eigenvalue weighted by Crippen LogP contribution is 1.99. The van der Waals surface area contributed by atoms with Crippen LogP contribution in [0.25, 0.3) is 0 Å². The standard InChI is InChI=1S/C7H10N2O2.ClH/c1-9-5-8-4-6(9)2-3-7(10)11;/h4-5H,2-3H2,1H3,(H,10,11);1H. The van der Waals surface area contributed by atoms with Gasteiger partial charge in [-0.25, -0.2) is 4.98 Å². The molecule has 0 spiro atoms. The Morgan fingerprint density at radius 3 is 2.83 bits per heavy atom. The van der Waals surface area contributed by atoms with Crippen LogP contribution in [0.1, 0.15) is 12.1 Å². The number of imidazole rings is 1. The van der Waals surface area contributed by atoms with Crippen LogP contribution in [0.3, 0.4) is 0 Å². The van der Waals surface area contributed by atoms with Crippen molar-refractivity contribution in [3.05, 3.63) is 18.2 Å². The number of hydrogen-bond acceptors (Lipinski definition) is 2. The Hall–Kier alpha value is -1.03. The lowest BCUT2D eigenvalue weighted by Crippen LogP contribution is -2.01. The van der Waals surface area contributed by atoms with Crippen LogP contribution in [0.5, 0.6) is 0 Å². The third-order valence-corrected chi connectivity index (χ3v) is 1.51. The van der Waals surface area contributed by atoms with Crippen LogP contribution >= 0.6 is 12.4 Å². The maximum absolute atomic E-state index is 10.2. The Labute approximate surface area is 76.6 Å². The van der Waals surface area contributed by atoms with E-state index in [0.29, 0.717) is 6.42 Å². The molecule has 12 heavy (non-hydrogen) atoms. The van der Waals surface area contributed by atoms with E-state index in [4.69, 9.17) is 5.11 Å². The van der Waals surface area contributed by atoms with Crippen LogP contribution in [0.4, 0.5) is 0 Å². The molecule has 0 aliphatic rings. The van der Waals surface area contributed by atoms with Gasteiger partial charge in [0, 0.05) is 18.9 Å². The van der Waals surface area contributed by atoms with Gasteiger partial charge in [-0.15, -0.1) is 12.4 Å². The fourth-order valence-electron chi connectivity index (χ4n) is 0.861. The van der Waals surface area contributed by atoms with Gasteiger partial charge in [0.2, 0.25) is 0 Å². The molecule has 1 aromatic heterocycles. The van der Waals surface area contributed by atoms with Gasteiger partial charge >= 0.3 is 5.97 Å². The highest BCUT2D eigenvalue weighted by molar-refractivity contribution is 5.85. The number of aromatic nitrogens is 2. The van der Waals surface area contributed by atoms with Crippen molar-refractivity contribution < 1.29 is 9.90 Å². The molecular formula is C7H11ClN2O2. The molecule has 0 aliphatic heterocycles. The van der Waals surface area contributed by atoms with Gasteiger partial charge in [-0.05, 0) is 6.42 Å². The van der Waals surface area contributed by atoms with E-state index in [1.54, 1.807) is 12.5 Å². The molecule has 0 amide bonds. The van der Waals surface area contributed by atoms with Crippen molar-refractivity contribution in [2.75, 3.05) is 0 Å². The third kappa shape index (κ3) is 2.92. The highest BCUT2D eigenvalue weighted by atomic mass is 35.5. The molecule has 1 N–H and O–H groups in total. The number of halogens is 1. The summed E-state index contributed by atoms with van der Waals surface area (Å²) in [7, 11) is 1.85. The van der Waals surface area contributed by atoms with Gasteiger partial charge in [-0.1, -0.05) is 0 Å². The smallest absolute Gasteiger partial charge is 0.303 e. The van der Waals surface area contributed by atoms with Crippen molar-refractivity contribution in [1.29, 1.82) is 0 Å². The molecular weight excluding hydrogens is 180 g/mol. The van der Waals surface area contributed by atoms with Crippen LogP contribution in [0.15, 0.2) is 12.5 Å². The van der Waals surface area contributed by atoms with E-state index < -0.39 is 5.97 Å². The van der Waals surface area contributed by atoms with Gasteiger partial charge in [0.1, 0.15) is 0 Å². The van der Waals surface area contributed by atoms with Gasteiger partial charge in [0.05, 0.1) is 12.7 Å². The van der Waals surface area contributed by atoms with Crippen LogP contribution in [-0.4, -0.2) is 20.6 Å². The molecule has 0 aliphatic carbocycles. The normalized spacial score (nSPS) is 9.08. The van der Waals surface area contributed by atoms with Gasteiger partial charge < -0.3 is 9.67 Å². The summed E-state index contributed by atoms with van der Waals surface area (Å²) in [6, 6.07) is 0. The molecule has 0 radical (unpaired) electrons. The Morgan fingerprint density at radius 2 is 2.42 bits per heavy atom. The fourth-order valence-corrected chi connectivity index (χ4v) is 0.861. The first-order chi connectivity index (χ1) is 5.20. The van der Waals surface area contributed by atoms with Crippen molar-refractivity contribution in [3.8, 4) is 0 Å². The van der Waals surface area contributed by atoms with Gasteiger partial charge in [0.25, 0.3) is 0 Å². The molecule has 0 bridgehead atoms. The topological polar surface area (TPSA) is 55.1 Å². The van der Waals surface area contributed by atoms with E-state index in [9.17, 15) is 4.79 Å². The maximum Gasteiger partial charge on any atom is 0.303 e. The van der Waals surface area contributed by atoms with Crippen molar-refractivity contribution >= 4 is 18.4 Å². The first kappa shape index (κ1) is 11.0. The minimum Gasteiger partial charge on any atom is -0.481 e. The molecule has 5 heteroatoms. The Morgan fingerprint density at radius 1 is 1.75 bits per heavy atom. The van der Waals surface area contributed by atoms with Gasteiger partial charge in [0.15, 0.2) is 0 Å². The molecule has 4 nitrogen and oxygen atoms in total. The summed E-state index contributed by atoms with van der Waals surface area (Å²) >= 11 is 0. The summed E-state index contributed by atoms with van der Waals surface area (Å²) < 4.78 is 1.82. The van der Waals surface area contributed by atoms with Gasteiger partial charge in [-0.3, -0.25) is 4.79 Å². The van der Waals surface area contributed by atoms with E-state index >= 15 is 0 Å². The van der Waals surface area contributed by atoms with Crippen molar-refractivity contribution in [2.45, 2.75) is 12.8 Å². The third-order valence-electron chi connectivity index (χ3n) is 1.51. The Balaban J connectivity index is 0.00000121. The van der Waals surface area contributed by atoms with E-state index in [0.717, 1.165) is 5.69 Å². The van der Waals surface area contributed by atoms with Crippen LogP contribution in [-0.2, 0) is 18.3 Å². The summed E-state index contributed by atoms with van der Waals surface area (Å²) in [5, 5.41) is 8.37.